The number of ether oxygens (including phenoxy) is 1. The summed E-state index contributed by atoms with van der Waals surface area (Å²) in [5, 5.41) is 12.0. The minimum atomic E-state index is -0.545. The van der Waals surface area contributed by atoms with E-state index in [1.54, 1.807) is 37.4 Å². The van der Waals surface area contributed by atoms with E-state index in [2.05, 4.69) is 5.32 Å². The van der Waals surface area contributed by atoms with Crippen molar-refractivity contribution in [2.24, 2.45) is 0 Å². The van der Waals surface area contributed by atoms with Gasteiger partial charge in [-0.3, -0.25) is 4.79 Å². The summed E-state index contributed by atoms with van der Waals surface area (Å²) in [5.41, 5.74) is 0.583. The van der Waals surface area contributed by atoms with Crippen LogP contribution in [0.3, 0.4) is 0 Å². The van der Waals surface area contributed by atoms with E-state index in [4.69, 9.17) is 4.74 Å². The first kappa shape index (κ1) is 20.2. The number of nitriles is 1. The molecule has 25 heavy (non-hydrogen) atoms. The maximum Gasteiger partial charge on any atom is 0.340 e. The fraction of sp³-hybridized carbons (Fsp3) is 0.421. The number of amides is 1. The van der Waals surface area contributed by atoms with Gasteiger partial charge in [0, 0.05) is 19.3 Å². The monoisotopic (exact) mass is 343 g/mol. The number of carbonyl (C=O) groups is 2. The molecule has 0 saturated heterocycles. The summed E-state index contributed by atoms with van der Waals surface area (Å²) in [6.07, 6.45) is 3.42. The third-order valence-corrected chi connectivity index (χ3v) is 3.37. The van der Waals surface area contributed by atoms with E-state index in [0.29, 0.717) is 5.69 Å². The van der Waals surface area contributed by atoms with E-state index in [0.717, 1.165) is 25.9 Å². The molecule has 1 amide bonds. The maximum absolute atomic E-state index is 12.4. The van der Waals surface area contributed by atoms with Gasteiger partial charge in [-0.25, -0.2) is 4.79 Å². The Balaban J connectivity index is 3.00. The predicted molar refractivity (Wildman–Crippen MR) is 96.9 cm³/mol. The summed E-state index contributed by atoms with van der Waals surface area (Å²) in [7, 11) is 0. The van der Waals surface area contributed by atoms with Gasteiger partial charge < -0.3 is 15.0 Å². The number of carbonyl (C=O) groups excluding carboxylic acids is 2. The molecule has 0 unspecified atom stereocenters. The summed E-state index contributed by atoms with van der Waals surface area (Å²) in [4.78, 5) is 26.4. The Bertz CT molecular complexity index is 656. The van der Waals surface area contributed by atoms with E-state index in [1.807, 2.05) is 24.8 Å². The lowest BCUT2D eigenvalue weighted by Crippen LogP contribution is -2.23. The number of anilines is 1. The maximum atomic E-state index is 12.4. The number of nitrogens with zero attached hydrogens (tertiary/aromatic N) is 2. The molecule has 134 valence electrons. The molecule has 1 N–H and O–H groups in total. The molecule has 6 nitrogen and oxygen atoms in total. The molecule has 0 bridgehead atoms. The molecular weight excluding hydrogens is 318 g/mol. The number of rotatable bonds is 9. The fourth-order valence-electron chi connectivity index (χ4n) is 2.30. The highest BCUT2D eigenvalue weighted by Gasteiger charge is 2.16. The van der Waals surface area contributed by atoms with Crippen molar-refractivity contribution >= 4 is 17.6 Å². The third-order valence-electron chi connectivity index (χ3n) is 3.37. The Morgan fingerprint density at radius 1 is 1.20 bits per heavy atom. The lowest BCUT2D eigenvalue weighted by atomic mass is 10.1. The van der Waals surface area contributed by atoms with Crippen LogP contribution in [0.25, 0.3) is 0 Å². The molecule has 0 atom stereocenters. The quantitative estimate of drug-likeness (QED) is 0.422. The van der Waals surface area contributed by atoms with Crippen LogP contribution in [0.2, 0.25) is 0 Å². The highest BCUT2D eigenvalue weighted by atomic mass is 16.5. The van der Waals surface area contributed by atoms with Crippen molar-refractivity contribution in [1.82, 2.24) is 4.90 Å². The highest BCUT2D eigenvalue weighted by Crippen LogP contribution is 2.17. The third kappa shape index (κ3) is 6.30. The Hall–Kier alpha value is -2.81. The zero-order valence-electron chi connectivity index (χ0n) is 15.0. The summed E-state index contributed by atoms with van der Waals surface area (Å²) >= 11 is 0. The van der Waals surface area contributed by atoms with Gasteiger partial charge in [0.2, 0.25) is 0 Å². The van der Waals surface area contributed by atoms with Crippen LogP contribution in [0.4, 0.5) is 5.69 Å². The molecule has 0 saturated carbocycles. The Kier molecular flexibility index (Phi) is 8.80. The van der Waals surface area contributed by atoms with Gasteiger partial charge in [-0.1, -0.05) is 26.0 Å². The van der Waals surface area contributed by atoms with Crippen LogP contribution in [0.5, 0.6) is 0 Å². The van der Waals surface area contributed by atoms with Gasteiger partial charge in [0.05, 0.1) is 17.9 Å². The van der Waals surface area contributed by atoms with Crippen LogP contribution in [0.1, 0.15) is 44.0 Å². The first-order valence-corrected chi connectivity index (χ1v) is 8.50. The Morgan fingerprint density at radius 3 is 2.40 bits per heavy atom. The number of hydrogen-bond donors (Lipinski definition) is 1. The average Bonchev–Trinajstić information content (AvgIpc) is 2.60. The van der Waals surface area contributed by atoms with Gasteiger partial charge in [0.1, 0.15) is 11.6 Å². The average molecular weight is 343 g/mol. The number of para-hydroxylation sites is 1. The molecule has 6 heteroatoms. The van der Waals surface area contributed by atoms with Crippen molar-refractivity contribution in [1.29, 1.82) is 5.26 Å². The zero-order chi connectivity index (χ0) is 18.7. The molecule has 0 aromatic heterocycles. The predicted octanol–water partition coefficient (Wildman–Crippen LogP) is 3.33. The van der Waals surface area contributed by atoms with E-state index < -0.39 is 11.9 Å². The molecule has 1 rings (SSSR count). The molecule has 0 spiro atoms. The van der Waals surface area contributed by atoms with Crippen molar-refractivity contribution in [3.63, 3.8) is 0 Å². The standard InChI is InChI=1S/C19H25N3O3/c1-4-11-22(12-5-2)14-15(13-20)18(23)21-17-10-8-7-9-16(17)19(24)25-6-3/h7-10,14H,4-6,11-12H2,1-3H3,(H,21,23)/b15-14-. The van der Waals surface area contributed by atoms with Crippen LogP contribution in [0.15, 0.2) is 36.0 Å². The summed E-state index contributed by atoms with van der Waals surface area (Å²) in [6, 6.07) is 8.50. The second-order valence-electron chi connectivity index (χ2n) is 5.41. The number of benzene rings is 1. The van der Waals surface area contributed by atoms with E-state index in [-0.39, 0.29) is 17.7 Å². The van der Waals surface area contributed by atoms with Gasteiger partial charge in [0.15, 0.2) is 0 Å². The van der Waals surface area contributed by atoms with Crippen LogP contribution < -0.4 is 5.32 Å². The number of esters is 1. The van der Waals surface area contributed by atoms with Crippen LogP contribution in [0, 0.1) is 11.3 Å². The minimum absolute atomic E-state index is 0.000520. The van der Waals surface area contributed by atoms with Crippen LogP contribution in [-0.2, 0) is 9.53 Å². The molecular formula is C19H25N3O3. The highest BCUT2D eigenvalue weighted by molar-refractivity contribution is 6.09. The molecule has 0 radical (unpaired) electrons. The fourth-order valence-corrected chi connectivity index (χ4v) is 2.30. The van der Waals surface area contributed by atoms with Gasteiger partial charge in [-0.05, 0) is 31.9 Å². The summed E-state index contributed by atoms with van der Waals surface area (Å²) in [5.74, 6) is -1.06. The van der Waals surface area contributed by atoms with E-state index in [1.165, 1.54) is 0 Å². The van der Waals surface area contributed by atoms with Gasteiger partial charge >= 0.3 is 5.97 Å². The van der Waals surface area contributed by atoms with Gasteiger partial charge in [-0.15, -0.1) is 0 Å². The normalized spacial score (nSPS) is 10.7. The van der Waals surface area contributed by atoms with Crippen LogP contribution in [-0.4, -0.2) is 36.5 Å². The molecule has 1 aromatic rings. The molecule has 0 fully saturated rings. The number of nitrogens with one attached hydrogen (secondary N) is 1. The molecule has 1 aromatic carbocycles. The van der Waals surface area contributed by atoms with Crippen molar-refractivity contribution in [2.75, 3.05) is 25.0 Å². The Morgan fingerprint density at radius 2 is 1.84 bits per heavy atom. The number of hydrogen-bond acceptors (Lipinski definition) is 5. The van der Waals surface area contributed by atoms with Crippen molar-refractivity contribution in [3.8, 4) is 6.07 Å². The lowest BCUT2D eigenvalue weighted by molar-refractivity contribution is -0.112. The topological polar surface area (TPSA) is 82.4 Å². The minimum Gasteiger partial charge on any atom is -0.462 e. The van der Waals surface area contributed by atoms with Crippen molar-refractivity contribution in [2.45, 2.75) is 33.6 Å². The summed E-state index contributed by atoms with van der Waals surface area (Å²) < 4.78 is 4.99. The molecule has 0 aliphatic heterocycles. The second-order valence-corrected chi connectivity index (χ2v) is 5.41. The smallest absolute Gasteiger partial charge is 0.340 e. The molecule has 0 heterocycles. The van der Waals surface area contributed by atoms with Crippen LogP contribution >= 0.6 is 0 Å². The first-order valence-electron chi connectivity index (χ1n) is 8.50. The van der Waals surface area contributed by atoms with Crippen molar-refractivity contribution in [3.05, 3.63) is 41.6 Å². The van der Waals surface area contributed by atoms with E-state index in [9.17, 15) is 14.9 Å². The zero-order valence-corrected chi connectivity index (χ0v) is 15.0. The second kappa shape index (κ2) is 10.9. The molecule has 0 aliphatic rings. The first-order chi connectivity index (χ1) is 12.1. The van der Waals surface area contributed by atoms with Crippen molar-refractivity contribution < 1.29 is 14.3 Å². The van der Waals surface area contributed by atoms with Gasteiger partial charge in [0.25, 0.3) is 5.91 Å². The largest absolute Gasteiger partial charge is 0.462 e. The summed E-state index contributed by atoms with van der Waals surface area (Å²) in [6.45, 7) is 7.58. The van der Waals surface area contributed by atoms with Gasteiger partial charge in [-0.2, -0.15) is 5.26 Å². The Labute approximate surface area is 149 Å². The van der Waals surface area contributed by atoms with E-state index >= 15 is 0 Å². The lowest BCUT2D eigenvalue weighted by Gasteiger charge is -2.19. The molecule has 0 aliphatic carbocycles. The SMILES string of the molecule is CCCN(/C=C(/C#N)C(=O)Nc1ccccc1C(=O)OCC)CCC.